The average Bonchev–Trinajstić information content (AvgIpc) is 2.33. The summed E-state index contributed by atoms with van der Waals surface area (Å²) in [7, 11) is 0. The van der Waals surface area contributed by atoms with Crippen LogP contribution in [0, 0.1) is 5.92 Å². The minimum absolute atomic E-state index is 0.214. The van der Waals surface area contributed by atoms with Gasteiger partial charge in [-0.05, 0) is 37.0 Å². The number of nitrogens with one attached hydrogen (secondary N) is 1. The molecule has 2 unspecified atom stereocenters. The molecular weight excluding hydrogens is 212 g/mol. The van der Waals surface area contributed by atoms with Gasteiger partial charge in [0, 0.05) is 6.04 Å². The fraction of sp³-hybridized carbons (Fsp3) is 0.571. The van der Waals surface area contributed by atoms with Crippen LogP contribution in [-0.4, -0.2) is 6.61 Å². The van der Waals surface area contributed by atoms with Gasteiger partial charge in [0.15, 0.2) is 0 Å². The lowest BCUT2D eigenvalue weighted by Crippen LogP contribution is -2.32. The largest absolute Gasteiger partial charge is 0.494 e. The smallest absolute Gasteiger partial charge is 0.119 e. The van der Waals surface area contributed by atoms with E-state index in [0.29, 0.717) is 12.5 Å². The molecule has 1 aromatic carbocycles. The molecular formula is C14H24N2O. The topological polar surface area (TPSA) is 47.3 Å². The normalized spacial score (nSPS) is 14.4. The Hall–Kier alpha value is -1.06. The average molecular weight is 236 g/mol. The third-order valence-corrected chi connectivity index (χ3v) is 3.04. The molecule has 3 heteroatoms. The van der Waals surface area contributed by atoms with Gasteiger partial charge in [-0.3, -0.25) is 11.3 Å². The molecule has 0 fully saturated rings. The molecule has 0 aromatic heterocycles. The summed E-state index contributed by atoms with van der Waals surface area (Å²) in [5, 5.41) is 0. The second-order valence-electron chi connectivity index (χ2n) is 4.41. The quantitative estimate of drug-likeness (QED) is 0.565. The van der Waals surface area contributed by atoms with E-state index >= 15 is 0 Å². The Balaban J connectivity index is 2.74. The van der Waals surface area contributed by atoms with Crippen molar-refractivity contribution in [3.8, 4) is 5.75 Å². The summed E-state index contributed by atoms with van der Waals surface area (Å²) in [5.74, 6) is 7.09. The monoisotopic (exact) mass is 236 g/mol. The van der Waals surface area contributed by atoms with Gasteiger partial charge < -0.3 is 4.74 Å². The maximum atomic E-state index is 5.65. The lowest BCUT2D eigenvalue weighted by molar-refractivity contribution is 0.339. The molecule has 3 nitrogen and oxygen atoms in total. The van der Waals surface area contributed by atoms with Crippen molar-refractivity contribution in [1.82, 2.24) is 5.43 Å². The number of benzene rings is 1. The van der Waals surface area contributed by atoms with Crippen LogP contribution < -0.4 is 16.0 Å². The Bertz CT molecular complexity index is 311. The van der Waals surface area contributed by atoms with E-state index in [9.17, 15) is 0 Å². The van der Waals surface area contributed by atoms with Crippen LogP contribution in [0.5, 0.6) is 5.75 Å². The van der Waals surface area contributed by atoms with Crippen LogP contribution >= 0.6 is 0 Å². The molecule has 3 N–H and O–H groups in total. The van der Waals surface area contributed by atoms with Gasteiger partial charge in [-0.2, -0.15) is 0 Å². The maximum Gasteiger partial charge on any atom is 0.119 e. The minimum atomic E-state index is 0.214. The molecule has 2 atom stereocenters. The van der Waals surface area contributed by atoms with E-state index < -0.39 is 0 Å². The summed E-state index contributed by atoms with van der Waals surface area (Å²) >= 11 is 0. The number of hydrogen-bond donors (Lipinski definition) is 2. The predicted molar refractivity (Wildman–Crippen MR) is 71.7 cm³/mol. The number of nitrogens with two attached hydrogens (primary N) is 1. The number of hydrazine groups is 1. The second-order valence-corrected chi connectivity index (χ2v) is 4.41. The van der Waals surface area contributed by atoms with Crippen LogP contribution in [0.25, 0.3) is 0 Å². The SMILES string of the molecule is CCCC(C)C(NN)c1ccc(OCC)cc1. The number of hydrogen-bond acceptors (Lipinski definition) is 3. The zero-order chi connectivity index (χ0) is 12.7. The van der Waals surface area contributed by atoms with Crippen molar-refractivity contribution in [1.29, 1.82) is 0 Å². The van der Waals surface area contributed by atoms with Crippen molar-refractivity contribution >= 4 is 0 Å². The summed E-state index contributed by atoms with van der Waals surface area (Å²) in [6.07, 6.45) is 2.35. The molecule has 0 radical (unpaired) electrons. The number of ether oxygens (including phenoxy) is 1. The molecule has 96 valence electrons. The standard InChI is InChI=1S/C14H24N2O/c1-4-6-11(3)14(16-15)12-7-9-13(10-8-12)17-5-2/h7-11,14,16H,4-6,15H2,1-3H3. The zero-order valence-corrected chi connectivity index (χ0v) is 11.1. The first-order valence-electron chi connectivity index (χ1n) is 6.41. The van der Waals surface area contributed by atoms with E-state index in [0.717, 1.165) is 5.75 Å². The van der Waals surface area contributed by atoms with E-state index in [1.54, 1.807) is 0 Å². The molecule has 1 aromatic rings. The van der Waals surface area contributed by atoms with E-state index in [1.807, 2.05) is 19.1 Å². The first-order chi connectivity index (χ1) is 8.22. The highest BCUT2D eigenvalue weighted by Crippen LogP contribution is 2.26. The van der Waals surface area contributed by atoms with Crippen molar-refractivity contribution in [2.24, 2.45) is 11.8 Å². The third-order valence-electron chi connectivity index (χ3n) is 3.04. The Labute approximate surface area is 104 Å². The summed E-state index contributed by atoms with van der Waals surface area (Å²) in [5.41, 5.74) is 4.13. The Morgan fingerprint density at radius 1 is 1.24 bits per heavy atom. The van der Waals surface area contributed by atoms with Crippen molar-refractivity contribution in [3.05, 3.63) is 29.8 Å². The van der Waals surface area contributed by atoms with Crippen LogP contribution in [0.1, 0.15) is 45.2 Å². The molecule has 0 saturated carbocycles. The first kappa shape index (κ1) is 14.0. The Morgan fingerprint density at radius 2 is 1.88 bits per heavy atom. The van der Waals surface area contributed by atoms with Crippen LogP contribution in [0.3, 0.4) is 0 Å². The molecule has 0 aliphatic carbocycles. The lowest BCUT2D eigenvalue weighted by atomic mass is 9.91. The van der Waals surface area contributed by atoms with Crippen molar-refractivity contribution < 1.29 is 4.74 Å². The molecule has 0 aliphatic heterocycles. The van der Waals surface area contributed by atoms with Crippen molar-refractivity contribution in [3.63, 3.8) is 0 Å². The van der Waals surface area contributed by atoms with Gasteiger partial charge in [0.25, 0.3) is 0 Å². The molecule has 0 bridgehead atoms. The summed E-state index contributed by atoms with van der Waals surface area (Å²) in [4.78, 5) is 0. The van der Waals surface area contributed by atoms with Crippen LogP contribution in [0.4, 0.5) is 0 Å². The molecule has 17 heavy (non-hydrogen) atoms. The van der Waals surface area contributed by atoms with Crippen LogP contribution in [0.15, 0.2) is 24.3 Å². The van der Waals surface area contributed by atoms with Crippen molar-refractivity contribution in [2.75, 3.05) is 6.61 Å². The lowest BCUT2D eigenvalue weighted by Gasteiger charge is -2.23. The summed E-state index contributed by atoms with van der Waals surface area (Å²) in [6.45, 7) is 7.11. The van der Waals surface area contributed by atoms with Gasteiger partial charge in [0.1, 0.15) is 5.75 Å². The molecule has 0 amide bonds. The highest BCUT2D eigenvalue weighted by atomic mass is 16.5. The van der Waals surface area contributed by atoms with E-state index in [2.05, 4.69) is 31.4 Å². The van der Waals surface area contributed by atoms with Gasteiger partial charge in [0.05, 0.1) is 6.61 Å². The molecule has 0 saturated heterocycles. The highest BCUT2D eigenvalue weighted by molar-refractivity contribution is 5.29. The number of rotatable bonds is 7. The summed E-state index contributed by atoms with van der Waals surface area (Å²) < 4.78 is 5.43. The molecule has 0 heterocycles. The highest BCUT2D eigenvalue weighted by Gasteiger charge is 2.16. The Kier molecular flexibility index (Phi) is 6.01. The van der Waals surface area contributed by atoms with Gasteiger partial charge in [-0.15, -0.1) is 0 Å². The predicted octanol–water partition coefficient (Wildman–Crippen LogP) is 3.03. The zero-order valence-electron chi connectivity index (χ0n) is 11.1. The molecule has 0 aliphatic rings. The van der Waals surface area contributed by atoms with Gasteiger partial charge in [-0.25, -0.2) is 0 Å². The van der Waals surface area contributed by atoms with Crippen LogP contribution in [-0.2, 0) is 0 Å². The molecule has 0 spiro atoms. The maximum absolute atomic E-state index is 5.65. The van der Waals surface area contributed by atoms with Gasteiger partial charge in [0.2, 0.25) is 0 Å². The van der Waals surface area contributed by atoms with E-state index in [1.165, 1.54) is 18.4 Å². The summed E-state index contributed by atoms with van der Waals surface area (Å²) in [6, 6.07) is 8.39. The van der Waals surface area contributed by atoms with E-state index in [-0.39, 0.29) is 6.04 Å². The van der Waals surface area contributed by atoms with Crippen molar-refractivity contribution in [2.45, 2.75) is 39.7 Å². The van der Waals surface area contributed by atoms with Crippen LogP contribution in [0.2, 0.25) is 0 Å². The molecule has 1 rings (SSSR count). The minimum Gasteiger partial charge on any atom is -0.494 e. The van der Waals surface area contributed by atoms with Gasteiger partial charge in [-0.1, -0.05) is 32.4 Å². The van der Waals surface area contributed by atoms with Gasteiger partial charge >= 0.3 is 0 Å². The second kappa shape index (κ2) is 7.30. The van der Waals surface area contributed by atoms with E-state index in [4.69, 9.17) is 10.6 Å². The Morgan fingerprint density at radius 3 is 2.35 bits per heavy atom. The first-order valence-corrected chi connectivity index (χ1v) is 6.41. The third kappa shape index (κ3) is 4.02. The fourth-order valence-electron chi connectivity index (χ4n) is 2.15. The fourth-order valence-corrected chi connectivity index (χ4v) is 2.15.